The molecule has 1 N–H and O–H groups in total. The summed E-state index contributed by atoms with van der Waals surface area (Å²) in [7, 11) is 0. The molecule has 2 atom stereocenters. The first-order valence-corrected chi connectivity index (χ1v) is 6.64. The van der Waals surface area contributed by atoms with E-state index < -0.39 is 12.1 Å². The molecule has 0 saturated heterocycles. The summed E-state index contributed by atoms with van der Waals surface area (Å²) in [6, 6.07) is 5.73. The Hall–Kier alpha value is -1.00. The molecule has 3 nitrogen and oxygen atoms in total. The van der Waals surface area contributed by atoms with Gasteiger partial charge >= 0.3 is 5.97 Å². The molecule has 1 aromatic rings. The van der Waals surface area contributed by atoms with Crippen LogP contribution in [0.4, 0.5) is 0 Å². The van der Waals surface area contributed by atoms with Gasteiger partial charge in [-0.25, -0.2) is 4.79 Å². The van der Waals surface area contributed by atoms with E-state index in [0.717, 1.165) is 11.3 Å². The highest BCUT2D eigenvalue weighted by molar-refractivity contribution is 8.00. The minimum absolute atomic E-state index is 0.286. The van der Waals surface area contributed by atoms with Crippen molar-refractivity contribution in [1.82, 2.24) is 0 Å². The maximum atomic E-state index is 11.5. The fourth-order valence-electron chi connectivity index (χ4n) is 2.03. The number of fused-ring (bicyclic) bond motifs is 1. The van der Waals surface area contributed by atoms with Crippen LogP contribution in [0.5, 0.6) is 0 Å². The molecule has 17 heavy (non-hydrogen) atoms. The van der Waals surface area contributed by atoms with Crippen LogP contribution in [0.3, 0.4) is 0 Å². The smallest absolute Gasteiger partial charge is 0.339 e. The van der Waals surface area contributed by atoms with Gasteiger partial charge in [0, 0.05) is 15.7 Å². The first kappa shape index (κ1) is 12.5. The number of carbonyl (C=O) groups is 1. The monoisotopic (exact) mass is 252 g/mol. The highest BCUT2D eigenvalue weighted by Gasteiger charge is 2.27. The number of hydrogen-bond donors (Lipinski definition) is 1. The predicted octanol–water partition coefficient (Wildman–Crippen LogP) is 2.32. The van der Waals surface area contributed by atoms with E-state index in [-0.39, 0.29) is 6.61 Å². The Morgan fingerprint density at radius 3 is 3.12 bits per heavy atom. The zero-order valence-corrected chi connectivity index (χ0v) is 10.8. The molecule has 0 saturated carbocycles. The lowest BCUT2D eigenvalue weighted by molar-refractivity contribution is -0.153. The van der Waals surface area contributed by atoms with Crippen LogP contribution in [0.25, 0.3) is 0 Å². The van der Waals surface area contributed by atoms with Gasteiger partial charge in [0.1, 0.15) is 0 Å². The fourth-order valence-corrected chi connectivity index (χ4v) is 3.31. The van der Waals surface area contributed by atoms with Gasteiger partial charge in [-0.2, -0.15) is 0 Å². The van der Waals surface area contributed by atoms with Gasteiger partial charge in [0.05, 0.1) is 6.61 Å². The van der Waals surface area contributed by atoms with Crippen LogP contribution >= 0.6 is 11.8 Å². The van der Waals surface area contributed by atoms with Crippen molar-refractivity contribution in [2.24, 2.45) is 0 Å². The van der Waals surface area contributed by atoms with Gasteiger partial charge in [0.15, 0.2) is 6.10 Å². The first-order valence-electron chi connectivity index (χ1n) is 5.76. The minimum atomic E-state index is -1.16. The molecule has 0 aliphatic carbocycles. The summed E-state index contributed by atoms with van der Waals surface area (Å²) in [5.41, 5.74) is 1.89. The lowest BCUT2D eigenvalue weighted by Gasteiger charge is -2.13. The van der Waals surface area contributed by atoms with Gasteiger partial charge in [-0.15, -0.1) is 11.8 Å². The maximum Gasteiger partial charge on any atom is 0.339 e. The summed E-state index contributed by atoms with van der Waals surface area (Å²) in [5, 5.41) is 10.5. The molecule has 0 fully saturated rings. The summed E-state index contributed by atoms with van der Waals surface area (Å²) in [6.45, 7) is 4.16. The number of carbonyl (C=O) groups excluding carboxylic acids is 1. The lowest BCUT2D eigenvalue weighted by atomic mass is 10.0. The zero-order valence-electron chi connectivity index (χ0n) is 9.97. The highest BCUT2D eigenvalue weighted by Crippen LogP contribution is 2.41. The van der Waals surface area contributed by atoms with Crippen LogP contribution in [-0.4, -0.2) is 22.9 Å². The molecule has 92 valence electrons. The van der Waals surface area contributed by atoms with Gasteiger partial charge in [0.25, 0.3) is 0 Å². The third-order valence-electron chi connectivity index (χ3n) is 2.76. The molecule has 0 bridgehead atoms. The van der Waals surface area contributed by atoms with Gasteiger partial charge < -0.3 is 9.84 Å². The third-order valence-corrected chi connectivity index (χ3v) is 4.06. The SMILES string of the molecule is CCOC(=O)C(O)c1cccc2c1SC(C)C2. The predicted molar refractivity (Wildman–Crippen MR) is 67.1 cm³/mol. The summed E-state index contributed by atoms with van der Waals surface area (Å²) in [4.78, 5) is 12.6. The van der Waals surface area contributed by atoms with Gasteiger partial charge in [-0.05, 0) is 18.9 Å². The molecule has 1 aliphatic heterocycles. The lowest BCUT2D eigenvalue weighted by Crippen LogP contribution is -2.16. The molecule has 0 spiro atoms. The topological polar surface area (TPSA) is 46.5 Å². The van der Waals surface area contributed by atoms with Crippen LogP contribution in [0, 0.1) is 0 Å². The van der Waals surface area contributed by atoms with Crippen molar-refractivity contribution in [3.63, 3.8) is 0 Å². The molecule has 0 amide bonds. The van der Waals surface area contributed by atoms with E-state index in [1.807, 2.05) is 12.1 Å². The largest absolute Gasteiger partial charge is 0.464 e. The summed E-state index contributed by atoms with van der Waals surface area (Å²) >= 11 is 1.71. The number of benzene rings is 1. The average Bonchev–Trinajstić information content (AvgIpc) is 2.68. The fraction of sp³-hybridized carbons (Fsp3) is 0.462. The second kappa shape index (κ2) is 5.10. The number of rotatable bonds is 3. The van der Waals surface area contributed by atoms with Gasteiger partial charge in [0.2, 0.25) is 0 Å². The highest BCUT2D eigenvalue weighted by atomic mass is 32.2. The van der Waals surface area contributed by atoms with Crippen molar-refractivity contribution in [2.75, 3.05) is 6.61 Å². The number of aliphatic hydroxyl groups is 1. The second-order valence-corrected chi connectivity index (χ2v) is 5.57. The van der Waals surface area contributed by atoms with E-state index in [4.69, 9.17) is 4.74 Å². The van der Waals surface area contributed by atoms with Gasteiger partial charge in [-0.3, -0.25) is 0 Å². The Bertz CT molecular complexity index is 431. The Labute approximate surface area is 105 Å². The Balaban J connectivity index is 2.28. The van der Waals surface area contributed by atoms with Gasteiger partial charge in [-0.1, -0.05) is 25.1 Å². The molecule has 2 rings (SSSR count). The molecular formula is C13H16O3S. The molecule has 0 aromatic heterocycles. The molecule has 0 radical (unpaired) electrons. The van der Waals surface area contributed by atoms with Crippen molar-refractivity contribution < 1.29 is 14.6 Å². The number of aliphatic hydroxyl groups excluding tert-OH is 1. The number of thioether (sulfide) groups is 1. The summed E-state index contributed by atoms with van der Waals surface area (Å²) in [5.74, 6) is -0.568. The standard InChI is InChI=1S/C13H16O3S/c1-3-16-13(15)11(14)10-6-4-5-9-7-8(2)17-12(9)10/h4-6,8,11,14H,3,7H2,1-2H3. The van der Waals surface area contributed by atoms with Crippen LogP contribution in [0.1, 0.15) is 31.1 Å². The second-order valence-electron chi connectivity index (χ2n) is 4.12. The number of esters is 1. The van der Waals surface area contributed by atoms with Crippen molar-refractivity contribution in [3.8, 4) is 0 Å². The van der Waals surface area contributed by atoms with E-state index in [1.165, 1.54) is 5.56 Å². The van der Waals surface area contributed by atoms with Crippen molar-refractivity contribution in [3.05, 3.63) is 29.3 Å². The molecule has 2 unspecified atom stereocenters. The molecular weight excluding hydrogens is 236 g/mol. The van der Waals surface area contributed by atoms with E-state index in [0.29, 0.717) is 10.8 Å². The maximum absolute atomic E-state index is 11.5. The quantitative estimate of drug-likeness (QED) is 0.839. The first-order chi connectivity index (χ1) is 8.13. The summed E-state index contributed by atoms with van der Waals surface area (Å²) < 4.78 is 4.85. The van der Waals surface area contributed by atoms with E-state index in [2.05, 4.69) is 6.92 Å². The van der Waals surface area contributed by atoms with Crippen LogP contribution in [0.15, 0.2) is 23.1 Å². The normalized spacial score (nSPS) is 19.8. The van der Waals surface area contributed by atoms with Crippen LogP contribution < -0.4 is 0 Å². The molecule has 1 aliphatic rings. The third kappa shape index (κ3) is 2.48. The van der Waals surface area contributed by atoms with E-state index in [1.54, 1.807) is 24.8 Å². The van der Waals surface area contributed by atoms with Crippen LogP contribution in [0.2, 0.25) is 0 Å². The number of ether oxygens (including phenoxy) is 1. The molecule has 4 heteroatoms. The Morgan fingerprint density at radius 1 is 1.65 bits per heavy atom. The zero-order chi connectivity index (χ0) is 12.4. The molecule has 1 aromatic carbocycles. The molecule has 1 heterocycles. The summed E-state index contributed by atoms with van der Waals surface area (Å²) in [6.07, 6.45) is -0.175. The minimum Gasteiger partial charge on any atom is -0.464 e. The van der Waals surface area contributed by atoms with Crippen molar-refractivity contribution in [1.29, 1.82) is 0 Å². The van der Waals surface area contributed by atoms with Crippen molar-refractivity contribution in [2.45, 2.75) is 36.5 Å². The number of hydrogen-bond acceptors (Lipinski definition) is 4. The van der Waals surface area contributed by atoms with Crippen LogP contribution in [-0.2, 0) is 16.0 Å². The van der Waals surface area contributed by atoms with Crippen molar-refractivity contribution >= 4 is 17.7 Å². The van der Waals surface area contributed by atoms with E-state index >= 15 is 0 Å². The van der Waals surface area contributed by atoms with E-state index in [9.17, 15) is 9.90 Å². The Morgan fingerprint density at radius 2 is 2.41 bits per heavy atom. The average molecular weight is 252 g/mol. The Kier molecular flexibility index (Phi) is 3.74.